The maximum Gasteiger partial charge on any atom is 0.340 e. The van der Waals surface area contributed by atoms with Crippen LogP contribution in [0.15, 0.2) is 40.2 Å². The molecular formula is C20H16N2O8S. The van der Waals surface area contributed by atoms with Gasteiger partial charge in [0.25, 0.3) is 5.91 Å². The van der Waals surface area contributed by atoms with Crippen molar-refractivity contribution in [3.05, 3.63) is 51.9 Å². The molecule has 1 saturated heterocycles. The first-order chi connectivity index (χ1) is 14.7. The largest absolute Gasteiger partial charge is 0.507 e. The van der Waals surface area contributed by atoms with Crippen molar-refractivity contribution >= 4 is 46.5 Å². The highest BCUT2D eigenvalue weighted by atomic mass is 32.2. The number of thioether (sulfide) groups is 1. The standard InChI is InChI=1S/C20H16N2O8S/c1-29-13-6-3-9(15(19(27)28)16(13)30-2)7-14-17(24)22-20(31-14)21-10-4-5-12(23)11(8-10)18(25)26/h3-8,23H,1-2H3,(H,25,26)(H,27,28)(H,21,22,24)/b14-7-. The second-order valence-electron chi connectivity index (χ2n) is 6.06. The summed E-state index contributed by atoms with van der Waals surface area (Å²) in [4.78, 5) is 39.6. The third-order valence-electron chi connectivity index (χ3n) is 4.17. The van der Waals surface area contributed by atoms with Crippen molar-refractivity contribution in [1.29, 1.82) is 0 Å². The number of amidine groups is 1. The summed E-state index contributed by atoms with van der Waals surface area (Å²) in [6, 6.07) is 6.74. The fourth-order valence-corrected chi connectivity index (χ4v) is 3.62. The summed E-state index contributed by atoms with van der Waals surface area (Å²) in [6.07, 6.45) is 1.38. The van der Waals surface area contributed by atoms with E-state index in [4.69, 9.17) is 14.6 Å². The number of rotatable bonds is 6. The molecule has 0 aliphatic carbocycles. The van der Waals surface area contributed by atoms with Gasteiger partial charge in [0, 0.05) is 0 Å². The number of carbonyl (C=O) groups excluding carboxylic acids is 1. The molecule has 0 saturated carbocycles. The summed E-state index contributed by atoms with van der Waals surface area (Å²) >= 11 is 0.946. The summed E-state index contributed by atoms with van der Waals surface area (Å²) < 4.78 is 10.3. The number of nitrogens with one attached hydrogen (secondary N) is 1. The molecule has 1 aliphatic heterocycles. The smallest absolute Gasteiger partial charge is 0.340 e. The Morgan fingerprint density at radius 1 is 1.10 bits per heavy atom. The molecule has 31 heavy (non-hydrogen) atoms. The molecule has 1 amide bonds. The van der Waals surface area contributed by atoms with E-state index < -0.39 is 23.6 Å². The van der Waals surface area contributed by atoms with Gasteiger partial charge in [-0.1, -0.05) is 6.07 Å². The molecule has 0 aromatic heterocycles. The van der Waals surface area contributed by atoms with Crippen molar-refractivity contribution < 1.29 is 39.2 Å². The molecule has 2 aromatic carbocycles. The molecule has 160 valence electrons. The van der Waals surface area contributed by atoms with E-state index in [9.17, 15) is 24.6 Å². The van der Waals surface area contributed by atoms with Gasteiger partial charge in [0.1, 0.15) is 16.9 Å². The summed E-state index contributed by atoms with van der Waals surface area (Å²) in [5.41, 5.74) is -0.0698. The highest BCUT2D eigenvalue weighted by Crippen LogP contribution is 2.36. The van der Waals surface area contributed by atoms with Gasteiger partial charge in [-0.2, -0.15) is 0 Å². The molecule has 1 heterocycles. The molecular weight excluding hydrogens is 428 g/mol. The van der Waals surface area contributed by atoms with Crippen LogP contribution in [0, 0.1) is 0 Å². The minimum atomic E-state index is -1.32. The van der Waals surface area contributed by atoms with Crippen molar-refractivity contribution in [2.45, 2.75) is 0 Å². The first-order valence-corrected chi connectivity index (χ1v) is 9.41. The van der Waals surface area contributed by atoms with Gasteiger partial charge in [-0.05, 0) is 47.7 Å². The fraction of sp³-hybridized carbons (Fsp3) is 0.100. The topological polar surface area (TPSA) is 155 Å². The number of aromatic hydroxyl groups is 1. The van der Waals surface area contributed by atoms with Gasteiger partial charge in [0.15, 0.2) is 16.7 Å². The lowest BCUT2D eigenvalue weighted by atomic mass is 10.0. The molecule has 1 fully saturated rings. The Labute approximate surface area is 179 Å². The monoisotopic (exact) mass is 444 g/mol. The second kappa shape index (κ2) is 8.79. The number of hydrogen-bond donors (Lipinski definition) is 4. The average molecular weight is 444 g/mol. The van der Waals surface area contributed by atoms with E-state index in [1.165, 1.54) is 44.6 Å². The number of benzene rings is 2. The third kappa shape index (κ3) is 4.46. The molecule has 10 nitrogen and oxygen atoms in total. The van der Waals surface area contributed by atoms with Gasteiger partial charge in [0.05, 0.1) is 24.8 Å². The van der Waals surface area contributed by atoms with E-state index in [1.807, 2.05) is 0 Å². The number of amides is 1. The molecule has 4 N–H and O–H groups in total. The lowest BCUT2D eigenvalue weighted by Crippen LogP contribution is -2.19. The number of nitrogens with zero attached hydrogens (tertiary/aromatic N) is 1. The van der Waals surface area contributed by atoms with Gasteiger partial charge in [0.2, 0.25) is 0 Å². The molecule has 0 spiro atoms. The maximum atomic E-state index is 12.3. The van der Waals surface area contributed by atoms with Gasteiger partial charge in [-0.3, -0.25) is 4.79 Å². The Morgan fingerprint density at radius 3 is 2.45 bits per heavy atom. The predicted molar refractivity (Wildman–Crippen MR) is 112 cm³/mol. The van der Waals surface area contributed by atoms with Crippen LogP contribution in [0.25, 0.3) is 6.08 Å². The number of hydrogen-bond acceptors (Lipinski definition) is 8. The molecule has 0 radical (unpaired) electrons. The summed E-state index contributed by atoms with van der Waals surface area (Å²) in [6.45, 7) is 0. The number of phenols is 1. The van der Waals surface area contributed by atoms with E-state index in [0.717, 1.165) is 17.8 Å². The second-order valence-corrected chi connectivity index (χ2v) is 7.09. The zero-order valence-corrected chi connectivity index (χ0v) is 17.0. The predicted octanol–water partition coefficient (Wildman–Crippen LogP) is 2.70. The molecule has 0 bridgehead atoms. The van der Waals surface area contributed by atoms with Gasteiger partial charge in [-0.25, -0.2) is 14.6 Å². The van der Waals surface area contributed by atoms with Crippen molar-refractivity contribution in [3.8, 4) is 17.2 Å². The van der Waals surface area contributed by atoms with Crippen molar-refractivity contribution in [2.75, 3.05) is 14.2 Å². The SMILES string of the molecule is COc1ccc(/C=C2\SC(=Nc3ccc(O)c(C(=O)O)c3)NC2=O)c(C(=O)O)c1OC. The van der Waals surface area contributed by atoms with Crippen LogP contribution >= 0.6 is 11.8 Å². The number of aromatic carboxylic acids is 2. The Balaban J connectivity index is 1.97. The normalized spacial score (nSPS) is 15.7. The van der Waals surface area contributed by atoms with Gasteiger partial charge < -0.3 is 30.1 Å². The Hall–Kier alpha value is -3.99. The molecule has 11 heteroatoms. The van der Waals surface area contributed by atoms with Crippen molar-refractivity contribution in [3.63, 3.8) is 0 Å². The average Bonchev–Trinajstić information content (AvgIpc) is 3.07. The minimum Gasteiger partial charge on any atom is -0.507 e. The van der Waals surface area contributed by atoms with Crippen molar-refractivity contribution in [1.82, 2.24) is 5.32 Å². The van der Waals surface area contributed by atoms with E-state index >= 15 is 0 Å². The quantitative estimate of drug-likeness (QED) is 0.492. The van der Waals surface area contributed by atoms with Crippen LogP contribution in [-0.2, 0) is 4.79 Å². The highest BCUT2D eigenvalue weighted by molar-refractivity contribution is 8.18. The summed E-state index contributed by atoms with van der Waals surface area (Å²) in [7, 11) is 2.69. The van der Waals surface area contributed by atoms with Gasteiger partial charge in [-0.15, -0.1) is 0 Å². The molecule has 0 atom stereocenters. The lowest BCUT2D eigenvalue weighted by Gasteiger charge is -2.12. The van der Waals surface area contributed by atoms with E-state index in [1.54, 1.807) is 0 Å². The molecule has 0 unspecified atom stereocenters. The minimum absolute atomic E-state index is 0.0203. The third-order valence-corrected chi connectivity index (χ3v) is 5.08. The van der Waals surface area contributed by atoms with Crippen LogP contribution in [0.3, 0.4) is 0 Å². The number of aliphatic imine (C=N–C) groups is 1. The Morgan fingerprint density at radius 2 is 1.84 bits per heavy atom. The molecule has 2 aromatic rings. The van der Waals surface area contributed by atoms with Crippen LogP contribution in [0.2, 0.25) is 0 Å². The molecule has 3 rings (SSSR count). The lowest BCUT2D eigenvalue weighted by molar-refractivity contribution is -0.115. The summed E-state index contributed by atoms with van der Waals surface area (Å²) in [5, 5.41) is 31.0. The van der Waals surface area contributed by atoms with Crippen LogP contribution in [0.4, 0.5) is 5.69 Å². The number of ether oxygens (including phenoxy) is 2. The van der Waals surface area contributed by atoms with Crippen LogP contribution < -0.4 is 14.8 Å². The zero-order valence-electron chi connectivity index (χ0n) is 16.2. The van der Waals surface area contributed by atoms with Crippen molar-refractivity contribution in [2.24, 2.45) is 4.99 Å². The summed E-state index contributed by atoms with van der Waals surface area (Å²) in [5.74, 6) is -3.24. The van der Waals surface area contributed by atoms with Gasteiger partial charge >= 0.3 is 11.9 Å². The maximum absolute atomic E-state index is 12.3. The first-order valence-electron chi connectivity index (χ1n) is 8.59. The zero-order chi connectivity index (χ0) is 22.7. The van der Waals surface area contributed by atoms with Crippen LogP contribution in [0.1, 0.15) is 26.3 Å². The number of methoxy groups -OCH3 is 2. The van der Waals surface area contributed by atoms with E-state index in [0.29, 0.717) is 0 Å². The van der Waals surface area contributed by atoms with E-state index in [-0.39, 0.29) is 43.9 Å². The Kier molecular flexibility index (Phi) is 6.16. The van der Waals surface area contributed by atoms with E-state index in [2.05, 4.69) is 10.3 Å². The first kappa shape index (κ1) is 21.7. The number of carboxylic acids is 2. The van der Waals surface area contributed by atoms with Crippen LogP contribution in [0.5, 0.6) is 17.2 Å². The number of carboxylic acid groups (broad SMARTS) is 2. The van der Waals surface area contributed by atoms with Crippen LogP contribution in [-0.4, -0.2) is 52.6 Å². The molecule has 1 aliphatic rings. The highest BCUT2D eigenvalue weighted by Gasteiger charge is 2.26. The fourth-order valence-electron chi connectivity index (χ4n) is 2.79. The number of carbonyl (C=O) groups is 3. The Bertz CT molecular complexity index is 1160.